The number of carbonyl (C=O) groups is 2. The number of carbonyl (C=O) groups excluding carboxylic acids is 2. The molecule has 4 nitrogen and oxygen atoms in total. The molecule has 5 heteroatoms. The van der Waals surface area contributed by atoms with Gasteiger partial charge in [0.1, 0.15) is 6.04 Å². The lowest BCUT2D eigenvalue weighted by Gasteiger charge is -2.12. The van der Waals surface area contributed by atoms with E-state index in [9.17, 15) is 9.59 Å². The Morgan fingerprint density at radius 2 is 2.15 bits per heavy atom. The Kier molecular flexibility index (Phi) is 3.71. The quantitative estimate of drug-likeness (QED) is 0.697. The van der Waals surface area contributed by atoms with Crippen LogP contribution in [0.4, 0.5) is 0 Å². The first kappa shape index (κ1) is 10.5. The van der Waals surface area contributed by atoms with E-state index in [-0.39, 0.29) is 17.1 Å². The molecule has 2 amide bonds. The van der Waals surface area contributed by atoms with E-state index in [0.29, 0.717) is 6.04 Å². The second-order valence-electron chi connectivity index (χ2n) is 3.21. The molecule has 1 rings (SSSR count). The summed E-state index contributed by atoms with van der Waals surface area (Å²) in [7, 11) is 0. The molecule has 0 aromatic heterocycles. The molecule has 0 aliphatic heterocycles. The molecule has 0 spiro atoms. The average Bonchev–Trinajstić information content (AvgIpc) is 2.87. The van der Waals surface area contributed by atoms with Crippen molar-refractivity contribution < 1.29 is 9.59 Å². The molecule has 74 valence electrons. The number of alkyl halides is 1. The van der Waals surface area contributed by atoms with Gasteiger partial charge in [-0.1, -0.05) is 15.9 Å². The van der Waals surface area contributed by atoms with Crippen LogP contribution in [0.2, 0.25) is 0 Å². The summed E-state index contributed by atoms with van der Waals surface area (Å²) in [6.45, 7) is 1.68. The van der Waals surface area contributed by atoms with Crippen molar-refractivity contribution in [2.75, 3.05) is 5.33 Å². The summed E-state index contributed by atoms with van der Waals surface area (Å²) in [5.41, 5.74) is 0. The van der Waals surface area contributed by atoms with Crippen LogP contribution in [0.1, 0.15) is 19.8 Å². The fourth-order valence-corrected chi connectivity index (χ4v) is 1.06. The van der Waals surface area contributed by atoms with Crippen molar-refractivity contribution in [2.24, 2.45) is 0 Å². The highest BCUT2D eigenvalue weighted by atomic mass is 79.9. The summed E-state index contributed by atoms with van der Waals surface area (Å²) in [5, 5.41) is 5.61. The molecule has 0 saturated heterocycles. The smallest absolute Gasteiger partial charge is 0.242 e. The molecule has 1 saturated carbocycles. The van der Waals surface area contributed by atoms with Gasteiger partial charge in [0, 0.05) is 6.04 Å². The molecule has 1 aliphatic rings. The van der Waals surface area contributed by atoms with Gasteiger partial charge in [-0.25, -0.2) is 0 Å². The van der Waals surface area contributed by atoms with Crippen LogP contribution in [-0.4, -0.2) is 29.2 Å². The van der Waals surface area contributed by atoms with Gasteiger partial charge >= 0.3 is 0 Å². The predicted molar refractivity (Wildman–Crippen MR) is 52.6 cm³/mol. The summed E-state index contributed by atoms with van der Waals surface area (Å²) >= 11 is 3.01. The number of rotatable bonds is 4. The molecule has 1 atom stereocenters. The van der Waals surface area contributed by atoms with E-state index in [1.165, 1.54) is 0 Å². The van der Waals surface area contributed by atoms with Crippen LogP contribution >= 0.6 is 15.9 Å². The lowest BCUT2D eigenvalue weighted by atomic mass is 10.3. The van der Waals surface area contributed by atoms with Crippen LogP contribution in [0.5, 0.6) is 0 Å². The third-order valence-electron chi connectivity index (χ3n) is 1.82. The van der Waals surface area contributed by atoms with Gasteiger partial charge in [0.25, 0.3) is 0 Å². The maximum Gasteiger partial charge on any atom is 0.242 e. The first-order chi connectivity index (χ1) is 6.13. The Hall–Kier alpha value is -0.580. The molecular formula is C8H13BrN2O2. The highest BCUT2D eigenvalue weighted by Crippen LogP contribution is 2.18. The lowest BCUT2D eigenvalue weighted by Crippen LogP contribution is -2.45. The number of hydrogen-bond acceptors (Lipinski definition) is 2. The normalized spacial score (nSPS) is 17.7. The van der Waals surface area contributed by atoms with Crippen molar-refractivity contribution in [2.45, 2.75) is 31.8 Å². The van der Waals surface area contributed by atoms with Crippen LogP contribution in [0.3, 0.4) is 0 Å². The summed E-state index contributed by atoms with van der Waals surface area (Å²) in [5.74, 6) is -0.268. The Balaban J connectivity index is 2.23. The minimum absolute atomic E-state index is 0.100. The highest BCUT2D eigenvalue weighted by Gasteiger charge is 2.25. The molecule has 1 aliphatic carbocycles. The molecule has 0 aromatic rings. The topological polar surface area (TPSA) is 58.2 Å². The van der Waals surface area contributed by atoms with E-state index >= 15 is 0 Å². The largest absolute Gasteiger partial charge is 0.352 e. The summed E-state index contributed by atoms with van der Waals surface area (Å²) in [4.78, 5) is 22.2. The third kappa shape index (κ3) is 3.76. The van der Waals surface area contributed by atoms with E-state index in [0.717, 1.165) is 12.8 Å². The van der Waals surface area contributed by atoms with Crippen molar-refractivity contribution in [1.82, 2.24) is 10.6 Å². The minimum atomic E-state index is -0.439. The molecule has 1 fully saturated rings. The van der Waals surface area contributed by atoms with Gasteiger partial charge in [-0.2, -0.15) is 0 Å². The van der Waals surface area contributed by atoms with Crippen LogP contribution < -0.4 is 10.6 Å². The molecule has 2 N–H and O–H groups in total. The van der Waals surface area contributed by atoms with Crippen molar-refractivity contribution in [3.63, 3.8) is 0 Å². The van der Waals surface area contributed by atoms with Crippen molar-refractivity contribution in [3.05, 3.63) is 0 Å². The zero-order chi connectivity index (χ0) is 9.84. The first-order valence-corrected chi connectivity index (χ1v) is 5.41. The van der Waals surface area contributed by atoms with Crippen molar-refractivity contribution >= 4 is 27.7 Å². The van der Waals surface area contributed by atoms with Gasteiger partial charge in [0.15, 0.2) is 0 Å². The average molecular weight is 249 g/mol. The fraction of sp³-hybridized carbons (Fsp3) is 0.750. The number of amides is 2. The van der Waals surface area contributed by atoms with Gasteiger partial charge in [-0.15, -0.1) is 0 Å². The Morgan fingerprint density at radius 3 is 2.62 bits per heavy atom. The van der Waals surface area contributed by atoms with E-state index in [2.05, 4.69) is 26.6 Å². The van der Waals surface area contributed by atoms with Crippen LogP contribution in [0.15, 0.2) is 0 Å². The molecule has 0 radical (unpaired) electrons. The molecule has 0 heterocycles. The lowest BCUT2D eigenvalue weighted by molar-refractivity contribution is -0.127. The summed E-state index contributed by atoms with van der Waals surface area (Å²) in [6, 6.07) is -0.0959. The molecule has 0 aromatic carbocycles. The Bertz CT molecular complexity index is 216. The predicted octanol–water partition coefficient (Wildman–Crippen LogP) is 0.165. The summed E-state index contributed by atoms with van der Waals surface area (Å²) in [6.07, 6.45) is 2.12. The summed E-state index contributed by atoms with van der Waals surface area (Å²) < 4.78 is 0. The number of hydrogen-bond donors (Lipinski definition) is 2. The second kappa shape index (κ2) is 4.60. The van der Waals surface area contributed by atoms with E-state index in [1.54, 1.807) is 6.92 Å². The Labute approximate surface area is 85.6 Å². The van der Waals surface area contributed by atoms with Crippen LogP contribution in [0.25, 0.3) is 0 Å². The number of nitrogens with one attached hydrogen (secondary N) is 2. The molecule has 1 unspecified atom stereocenters. The zero-order valence-electron chi connectivity index (χ0n) is 7.47. The van der Waals surface area contributed by atoms with Crippen LogP contribution in [0, 0.1) is 0 Å². The van der Waals surface area contributed by atoms with Gasteiger partial charge in [0.05, 0.1) is 5.33 Å². The van der Waals surface area contributed by atoms with E-state index in [4.69, 9.17) is 0 Å². The standard InChI is InChI=1S/C8H13BrN2O2/c1-5(10-7(12)4-9)8(13)11-6-2-3-6/h5-6H,2-4H2,1H3,(H,10,12)(H,11,13). The number of halogens is 1. The second-order valence-corrected chi connectivity index (χ2v) is 3.77. The van der Waals surface area contributed by atoms with Gasteiger partial charge in [-0.3, -0.25) is 9.59 Å². The van der Waals surface area contributed by atoms with Gasteiger partial charge in [0.2, 0.25) is 11.8 Å². The van der Waals surface area contributed by atoms with Gasteiger partial charge in [-0.05, 0) is 19.8 Å². The van der Waals surface area contributed by atoms with E-state index in [1.807, 2.05) is 0 Å². The first-order valence-electron chi connectivity index (χ1n) is 4.29. The maximum absolute atomic E-state index is 11.3. The monoisotopic (exact) mass is 248 g/mol. The molecule has 0 bridgehead atoms. The van der Waals surface area contributed by atoms with Crippen LogP contribution in [-0.2, 0) is 9.59 Å². The fourth-order valence-electron chi connectivity index (χ4n) is 0.899. The third-order valence-corrected chi connectivity index (χ3v) is 2.33. The SMILES string of the molecule is CC(NC(=O)CBr)C(=O)NC1CC1. The zero-order valence-corrected chi connectivity index (χ0v) is 9.06. The molecular weight excluding hydrogens is 236 g/mol. The van der Waals surface area contributed by atoms with Crippen molar-refractivity contribution in [3.8, 4) is 0 Å². The van der Waals surface area contributed by atoms with E-state index < -0.39 is 6.04 Å². The van der Waals surface area contributed by atoms with Crippen molar-refractivity contribution in [1.29, 1.82) is 0 Å². The maximum atomic E-state index is 11.3. The molecule has 13 heavy (non-hydrogen) atoms. The van der Waals surface area contributed by atoms with Gasteiger partial charge < -0.3 is 10.6 Å². The highest BCUT2D eigenvalue weighted by molar-refractivity contribution is 9.09. The minimum Gasteiger partial charge on any atom is -0.352 e. The Morgan fingerprint density at radius 1 is 1.54 bits per heavy atom.